The molecule has 0 aromatic heterocycles. The second-order valence-electron chi connectivity index (χ2n) is 28.4. The number of carbonyl (C=O) groups is 4. The van der Waals surface area contributed by atoms with Crippen LogP contribution in [-0.4, -0.2) is 292 Å². The van der Waals surface area contributed by atoms with Crippen molar-refractivity contribution >= 4 is 23.4 Å². The Kier molecular flexibility index (Phi) is 22.7. The van der Waals surface area contributed by atoms with Crippen LogP contribution >= 0.6 is 0 Å². The zero-order valence-corrected chi connectivity index (χ0v) is 53.8. The van der Waals surface area contributed by atoms with Crippen LogP contribution in [0.1, 0.15) is 114 Å². The summed E-state index contributed by atoms with van der Waals surface area (Å²) in [6.45, 7) is 11.5. The molecule has 93 heavy (non-hydrogen) atoms. The average molecular weight is 1340 g/mol. The summed E-state index contributed by atoms with van der Waals surface area (Å²) in [4.78, 5) is 53.0. The molecule has 0 bridgehead atoms. The molecule has 0 unspecified atom stereocenters. The van der Waals surface area contributed by atoms with E-state index in [9.17, 15) is 95.8 Å². The molecule has 9 aliphatic rings. The fourth-order valence-electron chi connectivity index (χ4n) is 16.7. The van der Waals surface area contributed by atoms with Crippen molar-refractivity contribution in [3.05, 3.63) is 22.8 Å². The van der Waals surface area contributed by atoms with Gasteiger partial charge in [-0.3, -0.25) is 19.2 Å². The number of ketones is 2. The molecule has 3 saturated carbocycles. The van der Waals surface area contributed by atoms with E-state index in [1.807, 2.05) is 41.5 Å². The van der Waals surface area contributed by atoms with Crippen molar-refractivity contribution in [2.45, 2.75) is 272 Å². The highest BCUT2D eigenvalue weighted by molar-refractivity contribution is 6.01. The van der Waals surface area contributed by atoms with E-state index in [1.54, 1.807) is 6.08 Å². The van der Waals surface area contributed by atoms with E-state index >= 15 is 0 Å². The van der Waals surface area contributed by atoms with E-state index in [-0.39, 0.29) is 42.2 Å². The number of carbonyl (C=O) groups excluding carboxylic acids is 4. The zero-order valence-electron chi connectivity index (χ0n) is 53.8. The van der Waals surface area contributed by atoms with Crippen LogP contribution in [0.15, 0.2) is 22.8 Å². The minimum Gasteiger partial charge on any atom is -0.394 e. The van der Waals surface area contributed by atoms with Crippen LogP contribution in [0.2, 0.25) is 0 Å². The molecule has 0 radical (unpaired) electrons. The lowest BCUT2D eigenvalue weighted by molar-refractivity contribution is -0.398. The Balaban J connectivity index is 0.923. The summed E-state index contributed by atoms with van der Waals surface area (Å²) in [5, 5.41) is 173. The van der Waals surface area contributed by atoms with Gasteiger partial charge in [-0.15, -0.1) is 0 Å². The standard InChI is InChI=1S/C62H98N2O29/c1-24(2)16-28(70)17-25(3)30-18-31(71)39-29-10-11-37-58(6,7)38(12-13-60(37,9)61(29,82)15-14-59(30,39)8)90-57-62(83,64-27(5)69)52(81)49(35(21-67)89-57)91-56-50(41(73)32(72)22-84-56)92-53-40(63-26(4)68)45(77)44(76)36(88-53)23-85-55-51(47(79)43(75)34(20-66)87-55)93-54-48(80)46(78)42(74)33(19-65)86-54/h16,25,30,32-38,40-57,65-67,72-83H,10-15,17-23H2,1-9H3,(H,63,68)(H,64,69)/t25-,30-,32-,33-,34-,35-,36-,37+,38+,40-,41+,42-,43-,44-,45-,46+,47+,48-,49+,50-,51-,52+,53+,54+,55-,56+,57+,59-,60+,61-,62-/m1/s1. The molecule has 5 aliphatic heterocycles. The molecular formula is C62H98N2O29. The van der Waals surface area contributed by atoms with Crippen molar-refractivity contribution in [2.24, 2.45) is 34.0 Å². The highest BCUT2D eigenvalue weighted by atomic mass is 16.8. The maximum Gasteiger partial charge on any atom is 0.219 e. The Bertz CT molecular complexity index is 2740. The molecule has 5 saturated heterocycles. The Hall–Kier alpha value is -3.24. The van der Waals surface area contributed by atoms with E-state index in [1.165, 1.54) is 0 Å². The molecule has 4 aliphatic carbocycles. The van der Waals surface area contributed by atoms with Gasteiger partial charge in [0, 0.05) is 37.7 Å². The number of allylic oxidation sites excluding steroid dienone is 3. The first-order valence-corrected chi connectivity index (χ1v) is 32.1. The summed E-state index contributed by atoms with van der Waals surface area (Å²) in [5.74, 6) is -2.18. The third-order valence-corrected chi connectivity index (χ3v) is 21.7. The lowest BCUT2D eigenvalue weighted by atomic mass is 9.42. The minimum absolute atomic E-state index is 0.00419. The van der Waals surface area contributed by atoms with Crippen molar-refractivity contribution in [1.82, 2.24) is 10.6 Å². The van der Waals surface area contributed by atoms with Crippen molar-refractivity contribution in [3.63, 3.8) is 0 Å². The van der Waals surface area contributed by atoms with Gasteiger partial charge in [0.1, 0.15) is 110 Å². The molecule has 31 heteroatoms. The molecule has 31 atom stereocenters. The van der Waals surface area contributed by atoms with Crippen LogP contribution in [0.5, 0.6) is 0 Å². The van der Waals surface area contributed by atoms with Gasteiger partial charge in [0.15, 0.2) is 36.7 Å². The second-order valence-corrected chi connectivity index (χ2v) is 28.4. The maximum atomic E-state index is 14.3. The number of aliphatic hydroxyl groups is 15. The summed E-state index contributed by atoms with van der Waals surface area (Å²) in [6.07, 6.45) is -38.0. The third kappa shape index (κ3) is 13.7. The highest BCUT2D eigenvalue weighted by Gasteiger charge is 2.69. The lowest BCUT2D eigenvalue weighted by Crippen LogP contribution is -2.75. The highest BCUT2D eigenvalue weighted by Crippen LogP contribution is 2.69. The first kappa shape index (κ1) is 74.0. The number of hydrogen-bond acceptors (Lipinski definition) is 29. The van der Waals surface area contributed by atoms with Crippen LogP contribution in [0.4, 0.5) is 0 Å². The first-order valence-electron chi connectivity index (χ1n) is 32.1. The second kappa shape index (κ2) is 28.5. The minimum atomic E-state index is -2.90. The fraction of sp³-hybridized carbons (Fsp3) is 0.871. The maximum absolute atomic E-state index is 14.3. The number of amides is 2. The quantitative estimate of drug-likeness (QED) is 0.0308. The largest absolute Gasteiger partial charge is 0.394 e. The van der Waals surface area contributed by atoms with E-state index in [0.29, 0.717) is 44.1 Å². The van der Waals surface area contributed by atoms with Crippen LogP contribution in [-0.2, 0) is 66.5 Å². The summed E-state index contributed by atoms with van der Waals surface area (Å²) in [6, 6.07) is -1.73. The molecule has 5 heterocycles. The summed E-state index contributed by atoms with van der Waals surface area (Å²) in [7, 11) is 0. The monoisotopic (exact) mass is 1330 g/mol. The number of fused-ring (bicyclic) bond motifs is 4. The number of rotatable bonds is 20. The summed E-state index contributed by atoms with van der Waals surface area (Å²) >= 11 is 0. The van der Waals surface area contributed by atoms with Crippen molar-refractivity contribution in [1.29, 1.82) is 0 Å². The topological polar surface area (TPSA) is 488 Å². The van der Waals surface area contributed by atoms with Crippen molar-refractivity contribution in [3.8, 4) is 0 Å². The molecule has 17 N–H and O–H groups in total. The van der Waals surface area contributed by atoms with E-state index in [0.717, 1.165) is 25.0 Å². The van der Waals surface area contributed by atoms with Gasteiger partial charge in [-0.2, -0.15) is 0 Å². The molecule has 0 aromatic carbocycles. The Morgan fingerprint density at radius 1 is 0.645 bits per heavy atom. The van der Waals surface area contributed by atoms with Crippen LogP contribution in [0.25, 0.3) is 0 Å². The average Bonchev–Trinajstić information content (AvgIpc) is 1.68. The molecule has 8 fully saturated rings. The van der Waals surface area contributed by atoms with E-state index in [4.69, 9.17) is 47.4 Å². The third-order valence-electron chi connectivity index (χ3n) is 21.7. The Labute approximate surface area is 537 Å². The molecule has 0 aromatic rings. The number of hydrogen-bond donors (Lipinski definition) is 17. The summed E-state index contributed by atoms with van der Waals surface area (Å²) < 4.78 is 60.0. The Morgan fingerprint density at radius 3 is 1.86 bits per heavy atom. The Morgan fingerprint density at radius 2 is 1.24 bits per heavy atom. The molecule has 530 valence electrons. The van der Waals surface area contributed by atoms with Gasteiger partial charge in [0.25, 0.3) is 0 Å². The zero-order chi connectivity index (χ0) is 68.5. The van der Waals surface area contributed by atoms with E-state index < -0.39 is 220 Å². The van der Waals surface area contributed by atoms with Gasteiger partial charge in [0.05, 0.1) is 44.7 Å². The van der Waals surface area contributed by atoms with Gasteiger partial charge in [-0.05, 0) is 92.6 Å². The number of aliphatic hydroxyl groups excluding tert-OH is 13. The number of ether oxygens (including phenoxy) is 10. The van der Waals surface area contributed by atoms with Gasteiger partial charge < -0.3 is 135 Å². The molecule has 9 rings (SSSR count). The van der Waals surface area contributed by atoms with Gasteiger partial charge in [-0.1, -0.05) is 40.2 Å². The van der Waals surface area contributed by atoms with Crippen LogP contribution in [0.3, 0.4) is 0 Å². The summed E-state index contributed by atoms with van der Waals surface area (Å²) in [5.41, 5.74) is -4.20. The van der Waals surface area contributed by atoms with Crippen molar-refractivity contribution < 1.29 is 143 Å². The molecule has 31 nitrogen and oxygen atoms in total. The SMILES string of the molecule is CC(=O)N[C@H]1[C@H](O[C@H]2[C@H](O[C@H]3[C@@H](CO)O[C@@H](O[C@H]4CC[C@@]5(C)[C@@H](CCC6=C7C(=O)C[C@H]([C@H](C)CC(=O)C=C(C)C)[C@@]7(C)CC[C@@]65O)C4(C)C)[C@@](O)(NC(C)=O)[C@H]3O)OC[C@@H](O)[C@@H]2O)O[C@H](CO[C@@H]2O[C@H](CO)[C@@H](O)[C@H](O)[C@H]2O[C@@H]2O[C@H](CO)[C@@H](O)[C@H](O)[C@H]2O)[C@@H](O)[C@@H]1O. The van der Waals surface area contributed by atoms with Crippen molar-refractivity contribution in [2.75, 3.05) is 33.0 Å². The van der Waals surface area contributed by atoms with Gasteiger partial charge >= 0.3 is 0 Å². The first-order chi connectivity index (χ1) is 43.5. The molecule has 2 amide bonds. The molecular weight excluding hydrogens is 1240 g/mol. The normalized spacial score (nSPS) is 47.8. The predicted octanol–water partition coefficient (Wildman–Crippen LogP) is -5.07. The number of nitrogens with one attached hydrogen (secondary N) is 2. The van der Waals surface area contributed by atoms with Crippen LogP contribution in [0, 0.1) is 34.0 Å². The number of Topliss-reactive ketones (excluding diaryl/α,β-unsaturated/α-hetero) is 1. The molecule has 0 spiro atoms. The predicted molar refractivity (Wildman–Crippen MR) is 312 cm³/mol. The van der Waals surface area contributed by atoms with Crippen LogP contribution < -0.4 is 10.6 Å². The van der Waals surface area contributed by atoms with Gasteiger partial charge in [0.2, 0.25) is 23.8 Å². The lowest BCUT2D eigenvalue weighted by Gasteiger charge is -2.65. The van der Waals surface area contributed by atoms with E-state index in [2.05, 4.69) is 17.6 Å². The smallest absolute Gasteiger partial charge is 0.219 e. The fourth-order valence-corrected chi connectivity index (χ4v) is 16.7. The van der Waals surface area contributed by atoms with Gasteiger partial charge in [-0.25, -0.2) is 0 Å².